The molecule has 0 amide bonds. The summed E-state index contributed by atoms with van der Waals surface area (Å²) in [6.45, 7) is 10.6. The SMILES string of the molecule is CCN(CCC1CCCO1)C(C)(CC)CN. The highest BCUT2D eigenvalue weighted by molar-refractivity contribution is 4.86. The second-order valence-corrected chi connectivity index (χ2v) is 5.06. The van der Waals surface area contributed by atoms with Crippen molar-refractivity contribution in [1.29, 1.82) is 0 Å². The number of hydrogen-bond acceptors (Lipinski definition) is 3. The van der Waals surface area contributed by atoms with Gasteiger partial charge in [0.05, 0.1) is 6.10 Å². The highest BCUT2D eigenvalue weighted by atomic mass is 16.5. The summed E-state index contributed by atoms with van der Waals surface area (Å²) in [4.78, 5) is 2.51. The molecule has 1 aliphatic rings. The Morgan fingerprint density at radius 2 is 2.19 bits per heavy atom. The van der Waals surface area contributed by atoms with Crippen molar-refractivity contribution >= 4 is 0 Å². The molecule has 1 saturated heterocycles. The molecule has 0 radical (unpaired) electrons. The predicted molar refractivity (Wildman–Crippen MR) is 68.6 cm³/mol. The maximum absolute atomic E-state index is 5.90. The molecule has 1 fully saturated rings. The Hall–Kier alpha value is -0.120. The lowest BCUT2D eigenvalue weighted by Crippen LogP contribution is -2.51. The van der Waals surface area contributed by atoms with Gasteiger partial charge in [0.25, 0.3) is 0 Å². The summed E-state index contributed by atoms with van der Waals surface area (Å²) >= 11 is 0. The smallest absolute Gasteiger partial charge is 0.0588 e. The molecule has 16 heavy (non-hydrogen) atoms. The monoisotopic (exact) mass is 228 g/mol. The first kappa shape index (κ1) is 13.9. The zero-order valence-corrected chi connectivity index (χ0v) is 11.2. The largest absolute Gasteiger partial charge is 0.378 e. The first-order chi connectivity index (χ1) is 7.66. The Bertz CT molecular complexity index is 186. The molecule has 1 heterocycles. The minimum absolute atomic E-state index is 0.160. The predicted octanol–water partition coefficient (Wildman–Crippen LogP) is 2.00. The van der Waals surface area contributed by atoms with Crippen LogP contribution in [0.5, 0.6) is 0 Å². The third kappa shape index (κ3) is 3.44. The first-order valence-corrected chi connectivity index (χ1v) is 6.73. The Morgan fingerprint density at radius 1 is 1.44 bits per heavy atom. The summed E-state index contributed by atoms with van der Waals surface area (Å²) in [5.41, 5.74) is 6.06. The molecule has 1 rings (SSSR count). The second-order valence-electron chi connectivity index (χ2n) is 5.06. The molecule has 3 heteroatoms. The molecule has 0 bridgehead atoms. The molecule has 2 unspecified atom stereocenters. The molecule has 0 aromatic carbocycles. The summed E-state index contributed by atoms with van der Waals surface area (Å²) in [6, 6.07) is 0. The van der Waals surface area contributed by atoms with Crippen LogP contribution in [0.1, 0.15) is 46.5 Å². The normalized spacial score (nSPS) is 24.9. The maximum atomic E-state index is 5.90. The molecule has 0 aliphatic carbocycles. The summed E-state index contributed by atoms with van der Waals surface area (Å²) in [5, 5.41) is 0. The average Bonchev–Trinajstić information content (AvgIpc) is 2.82. The van der Waals surface area contributed by atoms with Gasteiger partial charge in [-0.1, -0.05) is 13.8 Å². The highest BCUT2D eigenvalue weighted by Crippen LogP contribution is 2.21. The number of rotatable bonds is 7. The number of ether oxygens (including phenoxy) is 1. The van der Waals surface area contributed by atoms with Gasteiger partial charge in [0, 0.05) is 25.2 Å². The summed E-state index contributed by atoms with van der Waals surface area (Å²) in [5.74, 6) is 0. The van der Waals surface area contributed by atoms with Crippen molar-refractivity contribution in [1.82, 2.24) is 4.90 Å². The molecular formula is C13H28N2O. The fourth-order valence-corrected chi connectivity index (χ4v) is 2.48. The fourth-order valence-electron chi connectivity index (χ4n) is 2.48. The van der Waals surface area contributed by atoms with Gasteiger partial charge in [-0.2, -0.15) is 0 Å². The van der Waals surface area contributed by atoms with E-state index in [4.69, 9.17) is 10.5 Å². The van der Waals surface area contributed by atoms with E-state index in [-0.39, 0.29) is 5.54 Å². The summed E-state index contributed by atoms with van der Waals surface area (Å²) in [7, 11) is 0. The standard InChI is InChI=1S/C13H28N2O/c1-4-13(3,11-14)15(5-2)9-8-12-7-6-10-16-12/h12H,4-11,14H2,1-3H3. The molecule has 1 aliphatic heterocycles. The third-order valence-corrected chi connectivity index (χ3v) is 4.09. The van der Waals surface area contributed by atoms with Gasteiger partial charge in [-0.05, 0) is 39.2 Å². The van der Waals surface area contributed by atoms with Crippen molar-refractivity contribution in [2.45, 2.75) is 58.1 Å². The number of nitrogens with two attached hydrogens (primary N) is 1. The molecule has 96 valence electrons. The topological polar surface area (TPSA) is 38.5 Å². The third-order valence-electron chi connectivity index (χ3n) is 4.09. The van der Waals surface area contributed by atoms with Gasteiger partial charge in [0.1, 0.15) is 0 Å². The van der Waals surface area contributed by atoms with E-state index < -0.39 is 0 Å². The van der Waals surface area contributed by atoms with Gasteiger partial charge < -0.3 is 10.5 Å². The van der Waals surface area contributed by atoms with Crippen molar-refractivity contribution in [3.05, 3.63) is 0 Å². The lowest BCUT2D eigenvalue weighted by atomic mass is 9.96. The lowest BCUT2D eigenvalue weighted by molar-refractivity contribution is 0.0628. The molecule has 0 aromatic heterocycles. The number of hydrogen-bond donors (Lipinski definition) is 1. The molecule has 0 saturated carbocycles. The zero-order valence-electron chi connectivity index (χ0n) is 11.2. The van der Waals surface area contributed by atoms with Crippen LogP contribution < -0.4 is 5.73 Å². The quantitative estimate of drug-likeness (QED) is 0.724. The van der Waals surface area contributed by atoms with Gasteiger partial charge in [0.2, 0.25) is 0 Å². The van der Waals surface area contributed by atoms with Crippen LogP contribution in [0.25, 0.3) is 0 Å². The lowest BCUT2D eigenvalue weighted by Gasteiger charge is -2.40. The summed E-state index contributed by atoms with van der Waals surface area (Å²) in [6.07, 6.45) is 5.24. The molecule has 2 atom stereocenters. The van der Waals surface area contributed by atoms with Crippen LogP contribution in [0.3, 0.4) is 0 Å². The Balaban J connectivity index is 2.40. The average molecular weight is 228 g/mol. The molecule has 2 N–H and O–H groups in total. The van der Waals surface area contributed by atoms with E-state index in [0.717, 1.165) is 39.1 Å². The van der Waals surface area contributed by atoms with Crippen molar-refractivity contribution in [3.63, 3.8) is 0 Å². The minimum atomic E-state index is 0.160. The van der Waals surface area contributed by atoms with Crippen molar-refractivity contribution in [2.24, 2.45) is 5.73 Å². The van der Waals surface area contributed by atoms with E-state index >= 15 is 0 Å². The van der Waals surface area contributed by atoms with Gasteiger partial charge in [-0.15, -0.1) is 0 Å². The van der Waals surface area contributed by atoms with Crippen LogP contribution in [0, 0.1) is 0 Å². The second kappa shape index (κ2) is 6.58. The molecular weight excluding hydrogens is 200 g/mol. The Labute approximate surface area is 100 Å². The van der Waals surface area contributed by atoms with E-state index in [1.165, 1.54) is 12.8 Å². The van der Waals surface area contributed by atoms with Crippen LogP contribution in [0.15, 0.2) is 0 Å². The van der Waals surface area contributed by atoms with E-state index in [2.05, 4.69) is 25.7 Å². The van der Waals surface area contributed by atoms with E-state index in [1.54, 1.807) is 0 Å². The first-order valence-electron chi connectivity index (χ1n) is 6.73. The van der Waals surface area contributed by atoms with Crippen LogP contribution in [0.2, 0.25) is 0 Å². The molecule has 0 aromatic rings. The minimum Gasteiger partial charge on any atom is -0.378 e. The summed E-state index contributed by atoms with van der Waals surface area (Å²) < 4.78 is 5.67. The Kier molecular flexibility index (Phi) is 5.73. The fraction of sp³-hybridized carbons (Fsp3) is 1.00. The maximum Gasteiger partial charge on any atom is 0.0588 e. The number of likely N-dealkylation sites (N-methyl/N-ethyl adjacent to an activating group) is 1. The molecule has 0 spiro atoms. The van der Waals surface area contributed by atoms with Crippen LogP contribution in [-0.4, -0.2) is 42.8 Å². The van der Waals surface area contributed by atoms with Gasteiger partial charge in [0.15, 0.2) is 0 Å². The Morgan fingerprint density at radius 3 is 2.62 bits per heavy atom. The van der Waals surface area contributed by atoms with E-state index in [1.807, 2.05) is 0 Å². The number of nitrogens with zero attached hydrogens (tertiary/aromatic N) is 1. The van der Waals surface area contributed by atoms with Gasteiger partial charge in [-0.25, -0.2) is 0 Å². The van der Waals surface area contributed by atoms with E-state index in [0.29, 0.717) is 6.10 Å². The van der Waals surface area contributed by atoms with Crippen molar-refractivity contribution in [2.75, 3.05) is 26.2 Å². The van der Waals surface area contributed by atoms with Crippen molar-refractivity contribution < 1.29 is 4.74 Å². The zero-order chi connectivity index (χ0) is 12.0. The molecule has 3 nitrogen and oxygen atoms in total. The van der Waals surface area contributed by atoms with Gasteiger partial charge >= 0.3 is 0 Å². The van der Waals surface area contributed by atoms with E-state index in [9.17, 15) is 0 Å². The van der Waals surface area contributed by atoms with Crippen LogP contribution >= 0.6 is 0 Å². The van der Waals surface area contributed by atoms with Crippen LogP contribution in [0.4, 0.5) is 0 Å². The van der Waals surface area contributed by atoms with Crippen molar-refractivity contribution in [3.8, 4) is 0 Å². The van der Waals surface area contributed by atoms with Crippen LogP contribution in [-0.2, 0) is 4.74 Å². The highest BCUT2D eigenvalue weighted by Gasteiger charge is 2.28. The van der Waals surface area contributed by atoms with Gasteiger partial charge in [-0.3, -0.25) is 4.90 Å².